The fourth-order valence-corrected chi connectivity index (χ4v) is 2.74. The molecule has 0 bridgehead atoms. The van der Waals surface area contributed by atoms with Crippen LogP contribution in [0.3, 0.4) is 0 Å². The predicted octanol–water partition coefficient (Wildman–Crippen LogP) is -0.295. The number of aliphatic hydroxyl groups excluding tert-OH is 2. The lowest BCUT2D eigenvalue weighted by atomic mass is 10.1. The third kappa shape index (κ3) is 8.24. The molecule has 0 fully saturated rings. The third-order valence-corrected chi connectivity index (χ3v) is 4.50. The monoisotopic (exact) mass is 447 g/mol. The Morgan fingerprint density at radius 3 is 2.30 bits per heavy atom. The van der Waals surface area contributed by atoms with Gasteiger partial charge in [-0.1, -0.05) is 24.0 Å². The van der Waals surface area contributed by atoms with E-state index in [1.807, 2.05) is 24.3 Å². The minimum atomic E-state index is -1.19. The maximum atomic E-state index is 12.3. The molecular formula is C25H25N3O5. The fourth-order valence-electron chi connectivity index (χ4n) is 2.74. The molecule has 2 amide bonds. The van der Waals surface area contributed by atoms with Crippen molar-refractivity contribution in [3.63, 3.8) is 0 Å². The highest BCUT2D eigenvalue weighted by atomic mass is 16.3. The van der Waals surface area contributed by atoms with E-state index in [2.05, 4.69) is 34.3 Å². The Morgan fingerprint density at radius 2 is 1.70 bits per heavy atom. The number of benzene rings is 2. The normalized spacial score (nSPS) is 11.6. The van der Waals surface area contributed by atoms with Crippen molar-refractivity contribution in [3.05, 3.63) is 70.8 Å². The smallest absolute Gasteiger partial charge is 0.251 e. The van der Waals surface area contributed by atoms with Crippen LogP contribution < -0.4 is 16.4 Å². The highest BCUT2D eigenvalue weighted by Crippen LogP contribution is 2.06. The number of hydrogen-bond acceptors (Lipinski definition) is 6. The van der Waals surface area contributed by atoms with Gasteiger partial charge in [-0.05, 0) is 60.7 Å². The SMILES string of the molecule is C[C@@H](O)[C@H](NC(=O)c1ccc(C#CC#Cc2cccc(CNC(=O)CN)c2)cc1)C(=O)CO. The molecule has 2 aromatic rings. The van der Waals surface area contributed by atoms with Crippen molar-refractivity contribution in [2.75, 3.05) is 13.2 Å². The van der Waals surface area contributed by atoms with Crippen LogP contribution in [0.15, 0.2) is 48.5 Å². The van der Waals surface area contributed by atoms with Gasteiger partial charge in [0.1, 0.15) is 12.6 Å². The molecule has 0 heterocycles. The number of ketones is 1. The van der Waals surface area contributed by atoms with E-state index in [1.165, 1.54) is 19.1 Å². The van der Waals surface area contributed by atoms with Gasteiger partial charge in [0.25, 0.3) is 5.91 Å². The van der Waals surface area contributed by atoms with E-state index in [0.717, 1.165) is 11.1 Å². The van der Waals surface area contributed by atoms with E-state index in [-0.39, 0.29) is 18.0 Å². The number of carbonyl (C=O) groups excluding carboxylic acids is 3. The Balaban J connectivity index is 2.00. The fraction of sp³-hybridized carbons (Fsp3) is 0.240. The van der Waals surface area contributed by atoms with Crippen molar-refractivity contribution >= 4 is 17.6 Å². The second kappa shape index (κ2) is 12.8. The number of rotatable bonds is 8. The van der Waals surface area contributed by atoms with E-state index in [4.69, 9.17) is 10.8 Å². The summed E-state index contributed by atoms with van der Waals surface area (Å²) < 4.78 is 0. The van der Waals surface area contributed by atoms with Gasteiger partial charge in [0.15, 0.2) is 5.78 Å². The van der Waals surface area contributed by atoms with Crippen LogP contribution >= 0.6 is 0 Å². The molecule has 2 atom stereocenters. The second-order valence-corrected chi connectivity index (χ2v) is 7.07. The van der Waals surface area contributed by atoms with Crippen LogP contribution in [0.1, 0.15) is 34.0 Å². The van der Waals surface area contributed by atoms with Crippen molar-refractivity contribution in [2.45, 2.75) is 25.6 Å². The Kier molecular flexibility index (Phi) is 9.81. The summed E-state index contributed by atoms with van der Waals surface area (Å²) in [6.45, 7) is 0.880. The minimum absolute atomic E-state index is 0.0630. The van der Waals surface area contributed by atoms with Crippen molar-refractivity contribution in [1.29, 1.82) is 0 Å². The van der Waals surface area contributed by atoms with Crippen LogP contribution in [-0.4, -0.2) is 53.1 Å². The molecule has 0 radical (unpaired) electrons. The third-order valence-electron chi connectivity index (χ3n) is 4.50. The molecule has 2 rings (SSSR count). The molecule has 0 aliphatic heterocycles. The number of Topliss-reactive ketones (excluding diaryl/α,β-unsaturated/α-hetero) is 1. The average molecular weight is 447 g/mol. The van der Waals surface area contributed by atoms with E-state index in [0.29, 0.717) is 12.1 Å². The highest BCUT2D eigenvalue weighted by molar-refractivity contribution is 5.98. The molecular weight excluding hydrogens is 422 g/mol. The Bertz CT molecular complexity index is 1120. The molecule has 8 heteroatoms. The highest BCUT2D eigenvalue weighted by Gasteiger charge is 2.25. The van der Waals surface area contributed by atoms with Gasteiger partial charge >= 0.3 is 0 Å². The van der Waals surface area contributed by atoms with E-state index in [9.17, 15) is 19.5 Å². The van der Waals surface area contributed by atoms with Crippen LogP contribution in [0.25, 0.3) is 0 Å². The predicted molar refractivity (Wildman–Crippen MR) is 123 cm³/mol. The molecule has 0 aromatic heterocycles. The lowest BCUT2D eigenvalue weighted by molar-refractivity contribution is -0.126. The van der Waals surface area contributed by atoms with Crippen LogP contribution in [-0.2, 0) is 16.1 Å². The van der Waals surface area contributed by atoms with Gasteiger partial charge in [0.2, 0.25) is 5.91 Å². The molecule has 8 nitrogen and oxygen atoms in total. The molecule has 0 saturated carbocycles. The molecule has 6 N–H and O–H groups in total. The maximum absolute atomic E-state index is 12.3. The first kappa shape index (κ1) is 25.3. The van der Waals surface area contributed by atoms with Gasteiger partial charge in [0, 0.05) is 23.2 Å². The zero-order chi connectivity index (χ0) is 24.2. The summed E-state index contributed by atoms with van der Waals surface area (Å²) >= 11 is 0. The molecule has 2 aromatic carbocycles. The molecule has 0 aliphatic rings. The summed E-state index contributed by atoms with van der Waals surface area (Å²) in [6, 6.07) is 12.5. The molecule has 0 unspecified atom stereocenters. The molecule has 0 spiro atoms. The lowest BCUT2D eigenvalue weighted by Crippen LogP contribution is -2.48. The topological polar surface area (TPSA) is 142 Å². The number of amides is 2. The van der Waals surface area contributed by atoms with Crippen LogP contribution in [0.2, 0.25) is 0 Å². The first-order valence-electron chi connectivity index (χ1n) is 10.1. The van der Waals surface area contributed by atoms with Gasteiger partial charge in [-0.2, -0.15) is 0 Å². The minimum Gasteiger partial charge on any atom is -0.391 e. The van der Waals surface area contributed by atoms with Gasteiger partial charge < -0.3 is 26.6 Å². The van der Waals surface area contributed by atoms with E-state index < -0.39 is 30.4 Å². The van der Waals surface area contributed by atoms with Crippen molar-refractivity contribution in [1.82, 2.24) is 10.6 Å². The number of nitrogens with one attached hydrogen (secondary N) is 2. The number of aliphatic hydroxyl groups is 2. The van der Waals surface area contributed by atoms with Crippen molar-refractivity contribution in [3.8, 4) is 23.7 Å². The van der Waals surface area contributed by atoms with Gasteiger partial charge in [-0.15, -0.1) is 0 Å². The molecule has 0 saturated heterocycles. The lowest BCUT2D eigenvalue weighted by Gasteiger charge is -2.19. The van der Waals surface area contributed by atoms with Crippen LogP contribution in [0.4, 0.5) is 0 Å². The summed E-state index contributed by atoms with van der Waals surface area (Å²) in [4.78, 5) is 35.2. The number of hydrogen-bond donors (Lipinski definition) is 5. The Labute approximate surface area is 192 Å². The standard InChI is InChI=1S/C25H25N3O5/c1-17(30)24(22(31)16-29)28-25(33)21-11-9-18(10-12-21)5-2-3-6-19-7-4-8-20(13-19)15-27-23(32)14-26/h4,7-13,17,24,29-30H,14-16,26H2,1H3,(H,27,32)(H,28,33)/t17-,24+/m1/s1. The zero-order valence-electron chi connectivity index (χ0n) is 18.1. The largest absolute Gasteiger partial charge is 0.391 e. The Morgan fingerprint density at radius 1 is 1.03 bits per heavy atom. The van der Waals surface area contributed by atoms with Gasteiger partial charge in [-0.25, -0.2) is 0 Å². The van der Waals surface area contributed by atoms with Crippen molar-refractivity contribution < 1.29 is 24.6 Å². The Hall–Kier alpha value is -3.95. The number of carbonyl (C=O) groups is 3. The van der Waals surface area contributed by atoms with E-state index in [1.54, 1.807) is 12.1 Å². The zero-order valence-corrected chi connectivity index (χ0v) is 18.1. The quantitative estimate of drug-likeness (QED) is 0.352. The summed E-state index contributed by atoms with van der Waals surface area (Å²) in [5, 5.41) is 23.7. The van der Waals surface area contributed by atoms with Crippen LogP contribution in [0, 0.1) is 23.7 Å². The average Bonchev–Trinajstić information content (AvgIpc) is 2.83. The second-order valence-electron chi connectivity index (χ2n) is 7.07. The van der Waals surface area contributed by atoms with Gasteiger partial charge in [0.05, 0.1) is 12.6 Å². The summed E-state index contributed by atoms with van der Waals surface area (Å²) in [6.07, 6.45) is -1.14. The molecule has 0 aliphatic carbocycles. The first-order valence-corrected chi connectivity index (χ1v) is 10.1. The molecule has 170 valence electrons. The maximum Gasteiger partial charge on any atom is 0.251 e. The summed E-state index contributed by atoms with van der Waals surface area (Å²) in [5.74, 6) is 9.85. The van der Waals surface area contributed by atoms with Gasteiger partial charge in [-0.3, -0.25) is 14.4 Å². The number of nitrogens with two attached hydrogens (primary N) is 1. The summed E-state index contributed by atoms with van der Waals surface area (Å²) in [5.41, 5.74) is 7.82. The first-order chi connectivity index (χ1) is 15.8. The van der Waals surface area contributed by atoms with Crippen LogP contribution in [0.5, 0.6) is 0 Å². The van der Waals surface area contributed by atoms with E-state index >= 15 is 0 Å². The summed E-state index contributed by atoms with van der Waals surface area (Å²) in [7, 11) is 0. The molecule has 33 heavy (non-hydrogen) atoms. The van der Waals surface area contributed by atoms with Crippen molar-refractivity contribution in [2.24, 2.45) is 5.73 Å².